The summed E-state index contributed by atoms with van der Waals surface area (Å²) in [5.74, 6) is 0.619. The first-order valence-corrected chi connectivity index (χ1v) is 9.04. The van der Waals surface area contributed by atoms with Crippen LogP contribution in [0.25, 0.3) is 0 Å². The summed E-state index contributed by atoms with van der Waals surface area (Å²) in [7, 11) is 0. The maximum absolute atomic E-state index is 4.72. The molecule has 1 fully saturated rings. The second-order valence-electron chi connectivity index (χ2n) is 5.88. The van der Waals surface area contributed by atoms with Gasteiger partial charge in [0.25, 0.3) is 0 Å². The fourth-order valence-electron chi connectivity index (χ4n) is 3.17. The SMILES string of the molecule is c1ccc(CN2CCCC2c2ccnc(Nc3nccs3)n2)cc1. The molecule has 4 rings (SSSR count). The minimum Gasteiger partial charge on any atom is -0.300 e. The molecule has 1 atom stereocenters. The molecule has 0 bridgehead atoms. The zero-order valence-electron chi connectivity index (χ0n) is 13.3. The van der Waals surface area contributed by atoms with Crippen molar-refractivity contribution in [2.24, 2.45) is 0 Å². The third-order valence-electron chi connectivity index (χ3n) is 4.26. The fraction of sp³-hybridized carbons (Fsp3) is 0.278. The third-order valence-corrected chi connectivity index (χ3v) is 4.95. The lowest BCUT2D eigenvalue weighted by Gasteiger charge is -2.24. The van der Waals surface area contributed by atoms with Gasteiger partial charge in [0.2, 0.25) is 5.95 Å². The number of likely N-dealkylation sites (tertiary alicyclic amines) is 1. The molecular formula is C18H19N5S. The number of anilines is 2. The summed E-state index contributed by atoms with van der Waals surface area (Å²) in [4.78, 5) is 15.8. The summed E-state index contributed by atoms with van der Waals surface area (Å²) in [6.07, 6.45) is 5.95. The van der Waals surface area contributed by atoms with E-state index in [1.54, 1.807) is 17.5 Å². The number of benzene rings is 1. The van der Waals surface area contributed by atoms with Crippen LogP contribution in [0.15, 0.2) is 54.2 Å². The second-order valence-corrected chi connectivity index (χ2v) is 6.78. The molecule has 1 saturated heterocycles. The highest BCUT2D eigenvalue weighted by molar-refractivity contribution is 7.13. The molecule has 3 aromatic rings. The summed E-state index contributed by atoms with van der Waals surface area (Å²) < 4.78 is 0. The van der Waals surface area contributed by atoms with Crippen LogP contribution in [-0.2, 0) is 6.54 Å². The largest absolute Gasteiger partial charge is 0.300 e. The molecule has 1 aromatic carbocycles. The van der Waals surface area contributed by atoms with Gasteiger partial charge in [-0.1, -0.05) is 30.3 Å². The monoisotopic (exact) mass is 337 g/mol. The van der Waals surface area contributed by atoms with Gasteiger partial charge in [0.15, 0.2) is 5.13 Å². The van der Waals surface area contributed by atoms with E-state index < -0.39 is 0 Å². The Balaban J connectivity index is 1.51. The Labute approximate surface area is 145 Å². The molecule has 0 saturated carbocycles. The van der Waals surface area contributed by atoms with Crippen molar-refractivity contribution in [3.8, 4) is 0 Å². The zero-order valence-corrected chi connectivity index (χ0v) is 14.1. The van der Waals surface area contributed by atoms with Gasteiger partial charge in [-0.05, 0) is 31.0 Å². The van der Waals surface area contributed by atoms with E-state index in [9.17, 15) is 0 Å². The van der Waals surface area contributed by atoms with Gasteiger partial charge in [-0.3, -0.25) is 4.90 Å². The van der Waals surface area contributed by atoms with E-state index in [-0.39, 0.29) is 0 Å². The topological polar surface area (TPSA) is 53.9 Å². The van der Waals surface area contributed by atoms with Gasteiger partial charge in [-0.25, -0.2) is 15.0 Å². The van der Waals surface area contributed by atoms with Crippen LogP contribution < -0.4 is 5.32 Å². The molecule has 0 radical (unpaired) electrons. The standard InChI is InChI=1S/C18H19N5S/c1-2-5-14(6-3-1)13-23-11-4-7-16(23)15-8-9-19-17(21-15)22-18-20-10-12-24-18/h1-3,5-6,8-10,12,16H,4,7,11,13H2,(H,19,20,21,22). The van der Waals surface area contributed by atoms with Gasteiger partial charge in [0.05, 0.1) is 11.7 Å². The normalized spacial score (nSPS) is 17.9. The van der Waals surface area contributed by atoms with Gasteiger partial charge < -0.3 is 5.32 Å². The van der Waals surface area contributed by atoms with E-state index in [0.29, 0.717) is 12.0 Å². The number of nitrogens with one attached hydrogen (secondary N) is 1. The molecule has 1 aliphatic heterocycles. The Morgan fingerprint density at radius 1 is 1.12 bits per heavy atom. The third kappa shape index (κ3) is 3.44. The average molecular weight is 337 g/mol. The van der Waals surface area contributed by atoms with Crippen molar-refractivity contribution in [3.05, 3.63) is 65.4 Å². The number of rotatable bonds is 5. The van der Waals surface area contributed by atoms with Crippen LogP contribution in [-0.4, -0.2) is 26.4 Å². The first-order chi connectivity index (χ1) is 11.9. The molecule has 0 amide bonds. The fourth-order valence-corrected chi connectivity index (χ4v) is 3.69. The molecule has 6 heteroatoms. The molecule has 24 heavy (non-hydrogen) atoms. The smallest absolute Gasteiger partial charge is 0.229 e. The molecular weight excluding hydrogens is 318 g/mol. The predicted molar refractivity (Wildman–Crippen MR) is 96.3 cm³/mol. The minimum absolute atomic E-state index is 0.352. The average Bonchev–Trinajstić information content (AvgIpc) is 3.28. The van der Waals surface area contributed by atoms with Gasteiger partial charge >= 0.3 is 0 Å². The van der Waals surface area contributed by atoms with Crippen molar-refractivity contribution < 1.29 is 0 Å². The molecule has 122 valence electrons. The summed E-state index contributed by atoms with van der Waals surface area (Å²) >= 11 is 1.55. The lowest BCUT2D eigenvalue weighted by molar-refractivity contribution is 0.244. The van der Waals surface area contributed by atoms with E-state index in [0.717, 1.165) is 30.3 Å². The highest BCUT2D eigenvalue weighted by Gasteiger charge is 2.27. The zero-order chi connectivity index (χ0) is 16.2. The van der Waals surface area contributed by atoms with E-state index >= 15 is 0 Å². The molecule has 1 N–H and O–H groups in total. The van der Waals surface area contributed by atoms with Gasteiger partial charge in [0, 0.05) is 24.3 Å². The summed E-state index contributed by atoms with van der Waals surface area (Å²) in [6, 6.07) is 13.0. The van der Waals surface area contributed by atoms with Crippen LogP contribution in [0.3, 0.4) is 0 Å². The number of aromatic nitrogens is 3. The number of nitrogens with zero attached hydrogens (tertiary/aromatic N) is 4. The van der Waals surface area contributed by atoms with Crippen molar-refractivity contribution in [2.45, 2.75) is 25.4 Å². The van der Waals surface area contributed by atoms with Crippen LogP contribution in [0, 0.1) is 0 Å². The first kappa shape index (κ1) is 15.2. The summed E-state index contributed by atoms with van der Waals surface area (Å²) in [6.45, 7) is 2.07. The Morgan fingerprint density at radius 2 is 2.04 bits per heavy atom. The number of hydrogen-bond donors (Lipinski definition) is 1. The van der Waals surface area contributed by atoms with E-state index in [4.69, 9.17) is 4.98 Å². The van der Waals surface area contributed by atoms with E-state index in [1.807, 2.05) is 17.6 Å². The maximum Gasteiger partial charge on any atom is 0.229 e. The highest BCUT2D eigenvalue weighted by atomic mass is 32.1. The Hall–Kier alpha value is -2.31. The van der Waals surface area contributed by atoms with Gasteiger partial charge in [-0.15, -0.1) is 11.3 Å². The van der Waals surface area contributed by atoms with Crippen molar-refractivity contribution >= 4 is 22.4 Å². The van der Waals surface area contributed by atoms with Crippen molar-refractivity contribution in [3.63, 3.8) is 0 Å². The Bertz CT molecular complexity index is 775. The summed E-state index contributed by atoms with van der Waals surface area (Å²) in [5, 5.41) is 5.93. The molecule has 1 aliphatic rings. The highest BCUT2D eigenvalue weighted by Crippen LogP contribution is 2.32. The minimum atomic E-state index is 0.352. The molecule has 5 nitrogen and oxygen atoms in total. The van der Waals surface area contributed by atoms with Crippen molar-refractivity contribution in [1.29, 1.82) is 0 Å². The quantitative estimate of drug-likeness (QED) is 0.762. The van der Waals surface area contributed by atoms with Crippen LogP contribution in [0.1, 0.15) is 30.1 Å². The maximum atomic E-state index is 4.72. The van der Waals surface area contributed by atoms with E-state index in [1.165, 1.54) is 12.0 Å². The van der Waals surface area contributed by atoms with Crippen LogP contribution in [0.2, 0.25) is 0 Å². The van der Waals surface area contributed by atoms with Crippen LogP contribution in [0.4, 0.5) is 11.1 Å². The summed E-state index contributed by atoms with van der Waals surface area (Å²) in [5.41, 5.74) is 2.43. The lowest BCUT2D eigenvalue weighted by atomic mass is 10.1. The molecule has 0 spiro atoms. The van der Waals surface area contributed by atoms with Crippen molar-refractivity contribution in [1.82, 2.24) is 19.9 Å². The van der Waals surface area contributed by atoms with Gasteiger partial charge in [0.1, 0.15) is 0 Å². The van der Waals surface area contributed by atoms with Gasteiger partial charge in [-0.2, -0.15) is 0 Å². The Kier molecular flexibility index (Phi) is 4.49. The predicted octanol–water partition coefficient (Wildman–Crippen LogP) is 4.01. The lowest BCUT2D eigenvalue weighted by Crippen LogP contribution is -2.23. The molecule has 2 aromatic heterocycles. The van der Waals surface area contributed by atoms with Crippen LogP contribution in [0.5, 0.6) is 0 Å². The second kappa shape index (κ2) is 7.07. The Morgan fingerprint density at radius 3 is 2.88 bits per heavy atom. The number of hydrogen-bond acceptors (Lipinski definition) is 6. The molecule has 0 aliphatic carbocycles. The van der Waals surface area contributed by atoms with E-state index in [2.05, 4.69) is 50.5 Å². The van der Waals surface area contributed by atoms with Crippen LogP contribution >= 0.6 is 11.3 Å². The first-order valence-electron chi connectivity index (χ1n) is 8.16. The van der Waals surface area contributed by atoms with Crippen molar-refractivity contribution in [2.75, 3.05) is 11.9 Å². The molecule has 3 heterocycles. The molecule has 1 unspecified atom stereocenters. The number of thiazole rings is 1.